The minimum atomic E-state index is -0.245. The Hall–Kier alpha value is -3.33. The van der Waals surface area contributed by atoms with Crippen LogP contribution in [0.4, 0.5) is 0 Å². The largest absolute Gasteiger partial charge is 0.496 e. The number of hydrogen-bond donors (Lipinski definition) is 0. The van der Waals surface area contributed by atoms with Crippen molar-refractivity contribution in [1.82, 2.24) is 0 Å². The molecular formula is C32H34O3. The zero-order chi connectivity index (χ0) is 24.5. The van der Waals surface area contributed by atoms with Crippen molar-refractivity contribution in [3.63, 3.8) is 0 Å². The van der Waals surface area contributed by atoms with E-state index in [1.54, 1.807) is 7.11 Å². The summed E-state index contributed by atoms with van der Waals surface area (Å²) in [6, 6.07) is 24.5. The fourth-order valence-corrected chi connectivity index (χ4v) is 5.84. The van der Waals surface area contributed by atoms with Gasteiger partial charge in [0.25, 0.3) is 0 Å². The SMILES string of the molecule is COc1ccc2ccccc2c1-c1c(C(=O)OC2CC(C)CCC2C(C)C)ccc2ccccc12. The predicted octanol–water partition coefficient (Wildman–Crippen LogP) is 8.29. The first-order valence-electron chi connectivity index (χ1n) is 12.8. The first-order valence-corrected chi connectivity index (χ1v) is 12.8. The molecule has 1 saturated carbocycles. The fraction of sp³-hybridized carbons (Fsp3) is 0.344. The van der Waals surface area contributed by atoms with E-state index in [4.69, 9.17) is 9.47 Å². The summed E-state index contributed by atoms with van der Waals surface area (Å²) >= 11 is 0. The van der Waals surface area contributed by atoms with Gasteiger partial charge in [0.1, 0.15) is 11.9 Å². The Morgan fingerprint density at radius 3 is 2.11 bits per heavy atom. The van der Waals surface area contributed by atoms with E-state index in [0.29, 0.717) is 23.3 Å². The Morgan fingerprint density at radius 1 is 0.829 bits per heavy atom. The van der Waals surface area contributed by atoms with Crippen molar-refractivity contribution in [3.8, 4) is 16.9 Å². The molecule has 1 aliphatic rings. The average molecular weight is 467 g/mol. The van der Waals surface area contributed by atoms with Crippen molar-refractivity contribution >= 4 is 27.5 Å². The molecule has 1 fully saturated rings. The number of carbonyl (C=O) groups excluding carboxylic acids is 1. The topological polar surface area (TPSA) is 35.5 Å². The van der Waals surface area contributed by atoms with Crippen LogP contribution in [0.15, 0.2) is 72.8 Å². The molecule has 5 rings (SSSR count). The summed E-state index contributed by atoms with van der Waals surface area (Å²) in [7, 11) is 1.69. The molecule has 4 aromatic carbocycles. The standard InChI is InChI=1S/C32H34O3/c1-20(2)24-16-13-21(3)19-29(24)35-32(33)27-17-14-22-9-5-7-11-25(22)30(27)31-26-12-8-6-10-23(26)15-18-28(31)34-4/h5-12,14-15,17-18,20-21,24,29H,13,16,19H2,1-4H3. The maximum absolute atomic E-state index is 13.9. The van der Waals surface area contributed by atoms with E-state index in [2.05, 4.69) is 51.1 Å². The van der Waals surface area contributed by atoms with Crippen molar-refractivity contribution in [2.45, 2.75) is 46.1 Å². The van der Waals surface area contributed by atoms with E-state index in [1.807, 2.05) is 42.5 Å². The number of hydrogen-bond acceptors (Lipinski definition) is 3. The molecule has 3 heteroatoms. The molecule has 0 N–H and O–H groups in total. The number of benzene rings is 4. The van der Waals surface area contributed by atoms with E-state index in [1.165, 1.54) is 6.42 Å². The molecule has 0 aliphatic heterocycles. The number of ether oxygens (including phenoxy) is 2. The third kappa shape index (κ3) is 4.40. The number of methoxy groups -OCH3 is 1. The Balaban J connectivity index is 1.69. The van der Waals surface area contributed by atoms with Gasteiger partial charge in [-0.1, -0.05) is 87.9 Å². The molecule has 0 bridgehead atoms. The van der Waals surface area contributed by atoms with E-state index < -0.39 is 0 Å². The maximum Gasteiger partial charge on any atom is 0.339 e. The predicted molar refractivity (Wildman–Crippen MR) is 144 cm³/mol. The van der Waals surface area contributed by atoms with E-state index in [-0.39, 0.29) is 12.1 Å². The second-order valence-electron chi connectivity index (χ2n) is 10.3. The quantitative estimate of drug-likeness (QED) is 0.278. The zero-order valence-corrected chi connectivity index (χ0v) is 21.1. The highest BCUT2D eigenvalue weighted by Gasteiger charge is 2.34. The van der Waals surface area contributed by atoms with Crippen LogP contribution in [-0.2, 0) is 4.74 Å². The van der Waals surface area contributed by atoms with Gasteiger partial charge in [0, 0.05) is 11.1 Å². The minimum absolute atomic E-state index is 0.0556. The lowest BCUT2D eigenvalue weighted by atomic mass is 9.75. The summed E-state index contributed by atoms with van der Waals surface area (Å²) < 4.78 is 12.2. The molecule has 0 spiro atoms. The van der Waals surface area contributed by atoms with Gasteiger partial charge < -0.3 is 9.47 Å². The summed E-state index contributed by atoms with van der Waals surface area (Å²) in [6.45, 7) is 6.74. The van der Waals surface area contributed by atoms with Crippen LogP contribution in [0.3, 0.4) is 0 Å². The number of rotatable bonds is 5. The molecular weight excluding hydrogens is 432 g/mol. The lowest BCUT2D eigenvalue weighted by molar-refractivity contribution is -0.0173. The van der Waals surface area contributed by atoms with Gasteiger partial charge in [-0.3, -0.25) is 0 Å². The van der Waals surface area contributed by atoms with Gasteiger partial charge in [-0.25, -0.2) is 4.79 Å². The molecule has 35 heavy (non-hydrogen) atoms. The second kappa shape index (κ2) is 9.73. The van der Waals surface area contributed by atoms with Gasteiger partial charge in [0.15, 0.2) is 0 Å². The number of carbonyl (C=O) groups is 1. The van der Waals surface area contributed by atoms with E-state index >= 15 is 0 Å². The molecule has 4 aromatic rings. The molecule has 3 atom stereocenters. The summed E-state index contributed by atoms with van der Waals surface area (Å²) in [6.07, 6.45) is 3.18. The zero-order valence-electron chi connectivity index (χ0n) is 21.1. The lowest BCUT2D eigenvalue weighted by Crippen LogP contribution is -2.36. The summed E-state index contributed by atoms with van der Waals surface area (Å²) in [5.41, 5.74) is 2.41. The van der Waals surface area contributed by atoms with Gasteiger partial charge in [-0.05, 0) is 64.3 Å². The Morgan fingerprint density at radius 2 is 1.46 bits per heavy atom. The number of fused-ring (bicyclic) bond motifs is 2. The van der Waals surface area contributed by atoms with Crippen LogP contribution in [0.25, 0.3) is 32.7 Å². The van der Waals surface area contributed by atoms with Crippen molar-refractivity contribution in [2.24, 2.45) is 17.8 Å². The third-order valence-electron chi connectivity index (χ3n) is 7.73. The summed E-state index contributed by atoms with van der Waals surface area (Å²) in [5, 5.41) is 4.27. The highest BCUT2D eigenvalue weighted by Crippen LogP contribution is 2.43. The summed E-state index contributed by atoms with van der Waals surface area (Å²) in [5.74, 6) is 1.95. The minimum Gasteiger partial charge on any atom is -0.496 e. The second-order valence-corrected chi connectivity index (χ2v) is 10.3. The van der Waals surface area contributed by atoms with Crippen LogP contribution in [0.2, 0.25) is 0 Å². The van der Waals surface area contributed by atoms with Crippen molar-refractivity contribution in [3.05, 3.63) is 78.4 Å². The van der Waals surface area contributed by atoms with E-state index in [0.717, 1.165) is 51.3 Å². The Labute approximate surface area is 208 Å². The lowest BCUT2D eigenvalue weighted by Gasteiger charge is -2.36. The molecule has 0 heterocycles. The monoisotopic (exact) mass is 466 g/mol. The first kappa shape index (κ1) is 23.4. The van der Waals surface area contributed by atoms with Crippen LogP contribution >= 0.6 is 0 Å². The van der Waals surface area contributed by atoms with E-state index in [9.17, 15) is 4.79 Å². The Kier molecular flexibility index (Phi) is 6.51. The highest BCUT2D eigenvalue weighted by molar-refractivity contribution is 6.14. The van der Waals surface area contributed by atoms with Crippen LogP contribution in [0, 0.1) is 17.8 Å². The molecule has 0 amide bonds. The van der Waals surface area contributed by atoms with Gasteiger partial charge in [0.05, 0.1) is 12.7 Å². The summed E-state index contributed by atoms with van der Waals surface area (Å²) in [4.78, 5) is 13.9. The van der Waals surface area contributed by atoms with Crippen LogP contribution in [0.1, 0.15) is 50.4 Å². The fourth-order valence-electron chi connectivity index (χ4n) is 5.84. The van der Waals surface area contributed by atoms with Crippen LogP contribution in [0.5, 0.6) is 5.75 Å². The average Bonchev–Trinajstić information content (AvgIpc) is 2.87. The smallest absolute Gasteiger partial charge is 0.339 e. The molecule has 0 radical (unpaired) electrons. The molecule has 1 aliphatic carbocycles. The number of esters is 1. The van der Waals surface area contributed by atoms with Crippen LogP contribution in [-0.4, -0.2) is 19.2 Å². The molecule has 180 valence electrons. The van der Waals surface area contributed by atoms with Gasteiger partial charge in [-0.2, -0.15) is 0 Å². The normalized spacial score (nSPS) is 20.3. The van der Waals surface area contributed by atoms with Gasteiger partial charge >= 0.3 is 5.97 Å². The molecule has 0 saturated heterocycles. The van der Waals surface area contributed by atoms with Crippen LogP contribution < -0.4 is 4.74 Å². The third-order valence-corrected chi connectivity index (χ3v) is 7.73. The highest BCUT2D eigenvalue weighted by atomic mass is 16.5. The molecule has 0 aromatic heterocycles. The van der Waals surface area contributed by atoms with Crippen molar-refractivity contribution in [1.29, 1.82) is 0 Å². The van der Waals surface area contributed by atoms with Gasteiger partial charge in [0.2, 0.25) is 0 Å². The first-order chi connectivity index (χ1) is 17.0. The molecule has 3 nitrogen and oxygen atoms in total. The maximum atomic E-state index is 13.9. The molecule has 3 unspecified atom stereocenters. The van der Waals surface area contributed by atoms with Crippen molar-refractivity contribution in [2.75, 3.05) is 7.11 Å². The Bertz CT molecular complexity index is 1370. The van der Waals surface area contributed by atoms with Gasteiger partial charge in [-0.15, -0.1) is 0 Å². The van der Waals surface area contributed by atoms with Crippen molar-refractivity contribution < 1.29 is 14.3 Å².